The maximum Gasteiger partial charge on any atom is 0.225 e. The fraction of sp³-hybridized carbons (Fsp3) is 0.615. The normalized spacial score (nSPS) is 27.1. The van der Waals surface area contributed by atoms with Crippen molar-refractivity contribution in [2.24, 2.45) is 11.8 Å². The van der Waals surface area contributed by atoms with Crippen molar-refractivity contribution in [1.29, 1.82) is 0 Å². The summed E-state index contributed by atoms with van der Waals surface area (Å²) in [5.41, 5.74) is 0.581. The third-order valence-electron chi connectivity index (χ3n) is 3.82. The molecule has 5 heteroatoms. The Morgan fingerprint density at radius 1 is 1.28 bits per heavy atom. The third-order valence-corrected chi connectivity index (χ3v) is 3.82. The first kappa shape index (κ1) is 11.6. The minimum absolute atomic E-state index is 0.0151. The number of ketones is 1. The molecule has 2 fully saturated rings. The van der Waals surface area contributed by atoms with E-state index in [9.17, 15) is 4.79 Å². The second kappa shape index (κ2) is 4.65. The Balaban J connectivity index is 1.76. The van der Waals surface area contributed by atoms with Gasteiger partial charge in [-0.2, -0.15) is 0 Å². The highest BCUT2D eigenvalue weighted by atomic mass is 16.1. The zero-order valence-corrected chi connectivity index (χ0v) is 10.6. The quantitative estimate of drug-likeness (QED) is 0.779. The van der Waals surface area contributed by atoms with Crippen LogP contribution in [0.25, 0.3) is 0 Å². The molecule has 2 atom stereocenters. The summed E-state index contributed by atoms with van der Waals surface area (Å²) in [6.07, 6.45) is 4.58. The Labute approximate surface area is 107 Å². The molecule has 0 spiro atoms. The predicted octanol–water partition coefficient (Wildman–Crippen LogP) is 0.725. The average molecular weight is 246 g/mol. The van der Waals surface area contributed by atoms with Gasteiger partial charge in [0.1, 0.15) is 0 Å². The fourth-order valence-electron chi connectivity index (χ4n) is 2.94. The molecular formula is C13H18N4O. The Kier molecular flexibility index (Phi) is 2.99. The van der Waals surface area contributed by atoms with E-state index >= 15 is 0 Å². The smallest absolute Gasteiger partial charge is 0.225 e. The maximum absolute atomic E-state index is 11.2. The molecule has 1 aromatic rings. The first-order chi connectivity index (χ1) is 8.72. The average Bonchev–Trinajstić information content (AvgIpc) is 2.38. The molecule has 2 unspecified atom stereocenters. The second-order valence-electron chi connectivity index (χ2n) is 5.36. The van der Waals surface area contributed by atoms with Crippen molar-refractivity contribution in [2.75, 3.05) is 31.1 Å². The van der Waals surface area contributed by atoms with Gasteiger partial charge in [0.2, 0.25) is 5.95 Å². The van der Waals surface area contributed by atoms with Gasteiger partial charge in [0, 0.05) is 25.5 Å². The molecule has 1 N–H and O–H groups in total. The van der Waals surface area contributed by atoms with Gasteiger partial charge in [-0.25, -0.2) is 9.97 Å². The Morgan fingerprint density at radius 3 is 2.44 bits per heavy atom. The van der Waals surface area contributed by atoms with E-state index in [0.717, 1.165) is 32.1 Å². The summed E-state index contributed by atoms with van der Waals surface area (Å²) in [5, 5.41) is 3.47. The summed E-state index contributed by atoms with van der Waals surface area (Å²) in [5.74, 6) is 2.18. The molecule has 0 aromatic carbocycles. The van der Waals surface area contributed by atoms with E-state index < -0.39 is 0 Å². The van der Waals surface area contributed by atoms with Gasteiger partial charge in [-0.3, -0.25) is 4.79 Å². The van der Waals surface area contributed by atoms with Gasteiger partial charge in [0.15, 0.2) is 5.78 Å². The predicted molar refractivity (Wildman–Crippen MR) is 68.7 cm³/mol. The van der Waals surface area contributed by atoms with Crippen LogP contribution in [0.4, 0.5) is 5.95 Å². The Morgan fingerprint density at radius 2 is 1.89 bits per heavy atom. The van der Waals surface area contributed by atoms with Crippen molar-refractivity contribution in [1.82, 2.24) is 15.3 Å². The zero-order valence-electron chi connectivity index (χ0n) is 10.6. The van der Waals surface area contributed by atoms with E-state index in [-0.39, 0.29) is 5.78 Å². The standard InChI is InChI=1S/C13H18N4O/c1-9(18)12-5-15-13(16-6-12)17-7-10-2-11(8-17)4-14-3-10/h5-6,10-11,14H,2-4,7-8H2,1H3. The number of carbonyl (C=O) groups is 1. The van der Waals surface area contributed by atoms with E-state index in [1.54, 1.807) is 12.4 Å². The number of hydrogen-bond donors (Lipinski definition) is 1. The van der Waals surface area contributed by atoms with E-state index in [0.29, 0.717) is 17.4 Å². The largest absolute Gasteiger partial charge is 0.340 e. The van der Waals surface area contributed by atoms with Gasteiger partial charge >= 0.3 is 0 Å². The summed E-state index contributed by atoms with van der Waals surface area (Å²) in [6.45, 7) is 5.76. The first-order valence-corrected chi connectivity index (χ1v) is 6.51. The molecule has 0 saturated carbocycles. The van der Waals surface area contributed by atoms with Gasteiger partial charge in [-0.1, -0.05) is 0 Å². The van der Waals surface area contributed by atoms with Crippen LogP contribution < -0.4 is 10.2 Å². The van der Waals surface area contributed by atoms with Crippen molar-refractivity contribution in [3.63, 3.8) is 0 Å². The molecule has 3 heterocycles. The number of nitrogens with one attached hydrogen (secondary N) is 1. The summed E-state index contributed by atoms with van der Waals surface area (Å²) >= 11 is 0. The second-order valence-corrected chi connectivity index (χ2v) is 5.36. The van der Waals surface area contributed by atoms with Crippen LogP contribution in [-0.2, 0) is 0 Å². The van der Waals surface area contributed by atoms with Crippen molar-refractivity contribution in [2.45, 2.75) is 13.3 Å². The number of piperidine rings is 2. The van der Waals surface area contributed by atoms with Crippen LogP contribution in [0.1, 0.15) is 23.7 Å². The lowest BCUT2D eigenvalue weighted by Crippen LogP contribution is -2.51. The summed E-state index contributed by atoms with van der Waals surface area (Å²) in [4.78, 5) is 22.1. The van der Waals surface area contributed by atoms with Crippen molar-refractivity contribution in [3.05, 3.63) is 18.0 Å². The van der Waals surface area contributed by atoms with Gasteiger partial charge in [-0.15, -0.1) is 0 Å². The minimum Gasteiger partial charge on any atom is -0.340 e. The Hall–Kier alpha value is -1.49. The van der Waals surface area contributed by atoms with E-state index in [4.69, 9.17) is 0 Å². The number of nitrogens with zero attached hydrogens (tertiary/aromatic N) is 3. The molecule has 5 nitrogen and oxygen atoms in total. The highest BCUT2D eigenvalue weighted by molar-refractivity contribution is 5.93. The summed E-state index contributed by atoms with van der Waals surface area (Å²) < 4.78 is 0. The van der Waals surface area contributed by atoms with Crippen LogP contribution in [0.5, 0.6) is 0 Å². The lowest BCUT2D eigenvalue weighted by Gasteiger charge is -2.41. The summed E-state index contributed by atoms with van der Waals surface area (Å²) in [7, 11) is 0. The van der Waals surface area contributed by atoms with Crippen molar-refractivity contribution < 1.29 is 4.79 Å². The zero-order chi connectivity index (χ0) is 12.5. The number of Topliss-reactive ketones (excluding diaryl/α,β-unsaturated/α-hetero) is 1. The van der Waals surface area contributed by atoms with E-state index in [2.05, 4.69) is 20.2 Å². The van der Waals surface area contributed by atoms with Crippen molar-refractivity contribution in [3.8, 4) is 0 Å². The van der Waals surface area contributed by atoms with Crippen LogP contribution in [0.2, 0.25) is 0 Å². The molecule has 2 aliphatic heterocycles. The van der Waals surface area contributed by atoms with Crippen LogP contribution in [0.15, 0.2) is 12.4 Å². The number of rotatable bonds is 2. The monoisotopic (exact) mass is 246 g/mol. The number of aromatic nitrogens is 2. The molecule has 2 saturated heterocycles. The highest BCUT2D eigenvalue weighted by Crippen LogP contribution is 2.26. The number of hydrogen-bond acceptors (Lipinski definition) is 5. The maximum atomic E-state index is 11.2. The molecule has 96 valence electrons. The fourth-order valence-corrected chi connectivity index (χ4v) is 2.94. The lowest BCUT2D eigenvalue weighted by atomic mass is 9.86. The molecule has 2 bridgehead atoms. The topological polar surface area (TPSA) is 58.1 Å². The Bertz CT molecular complexity index is 433. The van der Waals surface area contributed by atoms with Crippen LogP contribution >= 0.6 is 0 Å². The van der Waals surface area contributed by atoms with Crippen LogP contribution in [-0.4, -0.2) is 41.9 Å². The van der Waals surface area contributed by atoms with Gasteiger partial charge < -0.3 is 10.2 Å². The lowest BCUT2D eigenvalue weighted by molar-refractivity contribution is 0.101. The number of anilines is 1. The molecule has 0 amide bonds. The highest BCUT2D eigenvalue weighted by Gasteiger charge is 2.31. The van der Waals surface area contributed by atoms with Crippen LogP contribution in [0.3, 0.4) is 0 Å². The third kappa shape index (κ3) is 2.22. The van der Waals surface area contributed by atoms with Gasteiger partial charge in [0.25, 0.3) is 0 Å². The molecule has 3 rings (SSSR count). The molecule has 2 aliphatic rings. The molecular weight excluding hydrogens is 228 g/mol. The van der Waals surface area contributed by atoms with Crippen LogP contribution in [0, 0.1) is 11.8 Å². The van der Waals surface area contributed by atoms with Gasteiger partial charge in [-0.05, 0) is 38.3 Å². The SMILES string of the molecule is CC(=O)c1cnc(N2CC3CNCC(C3)C2)nc1. The van der Waals surface area contributed by atoms with Gasteiger partial charge in [0.05, 0.1) is 5.56 Å². The molecule has 0 radical (unpaired) electrons. The minimum atomic E-state index is 0.0151. The van der Waals surface area contributed by atoms with E-state index in [1.165, 1.54) is 13.3 Å². The first-order valence-electron chi connectivity index (χ1n) is 6.51. The molecule has 0 aliphatic carbocycles. The number of carbonyl (C=O) groups excluding carboxylic acids is 1. The van der Waals surface area contributed by atoms with E-state index in [1.807, 2.05) is 0 Å². The summed E-state index contributed by atoms with van der Waals surface area (Å²) in [6, 6.07) is 0. The van der Waals surface area contributed by atoms with Crippen molar-refractivity contribution >= 4 is 11.7 Å². The molecule has 1 aromatic heterocycles. The molecule has 18 heavy (non-hydrogen) atoms. The number of fused-ring (bicyclic) bond motifs is 2.